The Kier molecular flexibility index (Phi) is 6.96. The third-order valence-electron chi connectivity index (χ3n) is 2.73. The Hall–Kier alpha value is -1.81. The summed E-state index contributed by atoms with van der Waals surface area (Å²) in [5.41, 5.74) is 1.74. The predicted octanol–water partition coefficient (Wildman–Crippen LogP) is 4.53. The van der Waals surface area contributed by atoms with Gasteiger partial charge in [0.25, 0.3) is 0 Å². The van der Waals surface area contributed by atoms with Crippen molar-refractivity contribution in [3.63, 3.8) is 0 Å². The van der Waals surface area contributed by atoms with Gasteiger partial charge in [-0.15, -0.1) is 0 Å². The van der Waals surface area contributed by atoms with Crippen LogP contribution in [0.3, 0.4) is 0 Å². The van der Waals surface area contributed by atoms with E-state index in [9.17, 15) is 9.59 Å². The van der Waals surface area contributed by atoms with E-state index in [1.807, 2.05) is 12.1 Å². The predicted molar refractivity (Wildman–Crippen MR) is 89.8 cm³/mol. The molecule has 0 N–H and O–H groups in total. The fourth-order valence-corrected chi connectivity index (χ4v) is 1.89. The molecule has 0 atom stereocenters. The highest BCUT2D eigenvalue weighted by molar-refractivity contribution is 9.10. The molecule has 0 bridgehead atoms. The molecule has 0 spiro atoms. The van der Waals surface area contributed by atoms with Crippen LogP contribution in [-0.2, 0) is 4.79 Å². The van der Waals surface area contributed by atoms with Crippen LogP contribution in [0.5, 0.6) is 0 Å². The van der Waals surface area contributed by atoms with Gasteiger partial charge in [0.1, 0.15) is 5.70 Å². The fourth-order valence-electron chi connectivity index (χ4n) is 1.62. The minimum atomic E-state index is -0.138. The Morgan fingerprint density at radius 1 is 1.24 bits per heavy atom. The lowest BCUT2D eigenvalue weighted by Gasteiger charge is -2.02. The van der Waals surface area contributed by atoms with Crippen molar-refractivity contribution in [2.24, 2.45) is 4.99 Å². The van der Waals surface area contributed by atoms with Crippen molar-refractivity contribution in [1.29, 1.82) is 0 Å². The fraction of sp³-hybridized carbons (Fsp3) is 0.235. The minimum absolute atomic E-state index is 0.0461. The van der Waals surface area contributed by atoms with Gasteiger partial charge < -0.3 is 0 Å². The molecule has 0 radical (unpaired) electrons. The van der Waals surface area contributed by atoms with E-state index in [1.165, 1.54) is 0 Å². The lowest BCUT2D eigenvalue weighted by molar-refractivity contribution is -0.115. The summed E-state index contributed by atoms with van der Waals surface area (Å²) in [6, 6.07) is 7.10. The van der Waals surface area contributed by atoms with Gasteiger partial charge in [-0.2, -0.15) is 0 Å². The van der Waals surface area contributed by atoms with E-state index in [0.29, 0.717) is 11.3 Å². The van der Waals surface area contributed by atoms with E-state index in [0.717, 1.165) is 10.0 Å². The summed E-state index contributed by atoms with van der Waals surface area (Å²) in [5.74, 6) is -0.185. The van der Waals surface area contributed by atoms with E-state index in [2.05, 4.69) is 27.5 Å². The van der Waals surface area contributed by atoms with Gasteiger partial charge >= 0.3 is 0 Å². The monoisotopic (exact) mass is 347 g/mol. The second kappa shape index (κ2) is 8.47. The van der Waals surface area contributed by atoms with Crippen LogP contribution in [0.2, 0.25) is 0 Å². The van der Waals surface area contributed by atoms with Crippen molar-refractivity contribution in [3.05, 3.63) is 58.2 Å². The maximum atomic E-state index is 12.0. The van der Waals surface area contributed by atoms with Crippen LogP contribution < -0.4 is 0 Å². The lowest BCUT2D eigenvalue weighted by atomic mass is 10.0. The number of aliphatic imine (C=N–C) groups is 1. The Balaban J connectivity index is 2.61. The molecule has 1 aromatic carbocycles. The van der Waals surface area contributed by atoms with Gasteiger partial charge in [-0.25, -0.2) is 0 Å². The zero-order chi connectivity index (χ0) is 15.8. The molecule has 0 saturated heterocycles. The number of hydrogen-bond donors (Lipinski definition) is 0. The number of carbonyl (C=O) groups is 2. The molecular weight excluding hydrogens is 330 g/mol. The average molecular weight is 348 g/mol. The largest absolute Gasteiger partial charge is 0.294 e. The smallest absolute Gasteiger partial charge is 0.181 e. The summed E-state index contributed by atoms with van der Waals surface area (Å²) >= 11 is 3.32. The molecule has 1 rings (SSSR count). The number of rotatable bonds is 7. The average Bonchev–Trinajstić information content (AvgIpc) is 2.45. The molecule has 110 valence electrons. The van der Waals surface area contributed by atoms with Gasteiger partial charge in [0.15, 0.2) is 11.6 Å². The van der Waals surface area contributed by atoms with E-state index in [4.69, 9.17) is 0 Å². The number of Topliss-reactive ketones (excluding diaryl/α,β-unsaturated/α-hetero) is 2. The van der Waals surface area contributed by atoms with Crippen LogP contribution in [-0.4, -0.2) is 17.8 Å². The summed E-state index contributed by atoms with van der Waals surface area (Å²) in [7, 11) is 0. The zero-order valence-electron chi connectivity index (χ0n) is 12.2. The van der Waals surface area contributed by atoms with Crippen LogP contribution in [0, 0.1) is 0 Å². The Morgan fingerprint density at radius 3 is 2.38 bits per heavy atom. The van der Waals surface area contributed by atoms with Crippen molar-refractivity contribution in [1.82, 2.24) is 0 Å². The Labute approximate surface area is 133 Å². The molecular formula is C17H18BrNO2. The number of carbonyl (C=O) groups excluding carboxylic acids is 2. The van der Waals surface area contributed by atoms with Gasteiger partial charge in [-0.05, 0) is 31.6 Å². The molecule has 0 unspecified atom stereocenters. The Morgan fingerprint density at radius 2 is 1.86 bits per heavy atom. The zero-order valence-corrected chi connectivity index (χ0v) is 13.8. The number of benzene rings is 1. The number of halogens is 1. The summed E-state index contributed by atoms with van der Waals surface area (Å²) in [6.07, 6.45) is 3.53. The van der Waals surface area contributed by atoms with Gasteiger partial charge in [-0.3, -0.25) is 14.6 Å². The summed E-state index contributed by atoms with van der Waals surface area (Å²) in [6.45, 7) is 7.25. The first-order valence-corrected chi connectivity index (χ1v) is 7.41. The first-order chi connectivity index (χ1) is 9.93. The summed E-state index contributed by atoms with van der Waals surface area (Å²) in [5, 5.41) is 0. The third-order valence-corrected chi connectivity index (χ3v) is 3.26. The highest BCUT2D eigenvalue weighted by Crippen LogP contribution is 2.13. The number of hydrogen-bond acceptors (Lipinski definition) is 3. The normalized spacial score (nSPS) is 11.7. The van der Waals surface area contributed by atoms with Crippen molar-refractivity contribution < 1.29 is 9.59 Å². The standard InChI is InChI=1S/C17H18BrNO2/c1-4-15(19-11-12(2)3)17(21)10-9-16(20)13-5-7-14(18)8-6-13/h4-8,11H,2,9-10H2,1,3H3/b15-4-,19-11?. The van der Waals surface area contributed by atoms with E-state index in [1.54, 1.807) is 38.3 Å². The van der Waals surface area contributed by atoms with E-state index in [-0.39, 0.29) is 24.4 Å². The molecule has 0 aliphatic heterocycles. The van der Waals surface area contributed by atoms with Crippen LogP contribution in [0.1, 0.15) is 37.0 Å². The molecule has 0 amide bonds. The van der Waals surface area contributed by atoms with Crippen LogP contribution in [0.15, 0.2) is 57.7 Å². The first kappa shape index (κ1) is 17.2. The van der Waals surface area contributed by atoms with Crippen molar-refractivity contribution in [2.45, 2.75) is 26.7 Å². The third kappa shape index (κ3) is 6.00. The molecule has 0 aliphatic carbocycles. The number of ketones is 2. The van der Waals surface area contributed by atoms with Crippen LogP contribution in [0.4, 0.5) is 0 Å². The molecule has 0 saturated carbocycles. The number of allylic oxidation sites excluding steroid dienone is 3. The number of nitrogens with zero attached hydrogens (tertiary/aromatic N) is 1. The second-order valence-corrected chi connectivity index (χ2v) is 5.55. The van der Waals surface area contributed by atoms with Crippen LogP contribution in [0.25, 0.3) is 0 Å². The second-order valence-electron chi connectivity index (χ2n) is 4.63. The maximum absolute atomic E-state index is 12.0. The highest BCUT2D eigenvalue weighted by Gasteiger charge is 2.12. The van der Waals surface area contributed by atoms with E-state index >= 15 is 0 Å². The first-order valence-electron chi connectivity index (χ1n) is 6.62. The summed E-state index contributed by atoms with van der Waals surface area (Å²) < 4.78 is 0.917. The molecule has 0 aliphatic rings. The molecule has 0 aromatic heterocycles. The quantitative estimate of drug-likeness (QED) is 0.413. The molecule has 0 fully saturated rings. The van der Waals surface area contributed by atoms with Crippen molar-refractivity contribution >= 4 is 33.7 Å². The maximum Gasteiger partial charge on any atom is 0.181 e. The molecule has 4 heteroatoms. The van der Waals surface area contributed by atoms with E-state index < -0.39 is 0 Å². The van der Waals surface area contributed by atoms with Crippen LogP contribution >= 0.6 is 15.9 Å². The highest BCUT2D eigenvalue weighted by atomic mass is 79.9. The molecule has 0 heterocycles. The van der Waals surface area contributed by atoms with Gasteiger partial charge in [-0.1, -0.05) is 40.7 Å². The van der Waals surface area contributed by atoms with Crippen molar-refractivity contribution in [2.75, 3.05) is 0 Å². The molecule has 1 aromatic rings. The van der Waals surface area contributed by atoms with Crippen molar-refractivity contribution in [3.8, 4) is 0 Å². The minimum Gasteiger partial charge on any atom is -0.294 e. The lowest BCUT2D eigenvalue weighted by Crippen LogP contribution is -2.06. The van der Waals surface area contributed by atoms with Gasteiger partial charge in [0.2, 0.25) is 0 Å². The SMILES string of the molecule is C=C(C)C=N/C(=C\C)C(=O)CCC(=O)c1ccc(Br)cc1. The molecule has 3 nitrogen and oxygen atoms in total. The van der Waals surface area contributed by atoms with Gasteiger partial charge in [0.05, 0.1) is 0 Å². The topological polar surface area (TPSA) is 46.5 Å². The van der Waals surface area contributed by atoms with Gasteiger partial charge in [0, 0.05) is 29.1 Å². The summed E-state index contributed by atoms with van der Waals surface area (Å²) in [4.78, 5) is 28.1. The Bertz CT molecular complexity index is 598. The molecule has 21 heavy (non-hydrogen) atoms.